The molecular weight excluding hydrogens is 332 g/mol. The fourth-order valence-corrected chi connectivity index (χ4v) is 2.72. The maximum Gasteiger partial charge on any atom is 0.293 e. The fourth-order valence-electron chi connectivity index (χ4n) is 2.72. The van der Waals surface area contributed by atoms with E-state index in [1.165, 1.54) is 12.3 Å². The highest BCUT2D eigenvalue weighted by molar-refractivity contribution is 6.07. The minimum atomic E-state index is -0.491. The molecule has 1 heterocycles. The summed E-state index contributed by atoms with van der Waals surface area (Å²) in [5, 5.41) is 14.6. The molecule has 1 atom stereocenters. The smallest absolute Gasteiger partial charge is 0.293 e. The number of ketones is 1. The molecule has 0 aliphatic carbocycles. The van der Waals surface area contributed by atoms with Gasteiger partial charge >= 0.3 is 0 Å². The number of nitrogens with one attached hydrogen (secondary N) is 1. The van der Waals surface area contributed by atoms with E-state index in [9.17, 15) is 14.9 Å². The Balaban J connectivity index is 1.91. The average Bonchev–Trinajstić information content (AvgIpc) is 3.08. The van der Waals surface area contributed by atoms with Gasteiger partial charge < -0.3 is 9.88 Å². The number of aromatic nitrogens is 2. The van der Waals surface area contributed by atoms with Crippen molar-refractivity contribution in [3.05, 3.63) is 88.0 Å². The second-order valence-corrected chi connectivity index (χ2v) is 5.96. The first-order chi connectivity index (χ1) is 12.5. The monoisotopic (exact) mass is 350 g/mol. The molecule has 0 bridgehead atoms. The number of nitro benzene ring substituents is 1. The molecule has 0 fully saturated rings. The number of aryl methyl sites for hydroxylation is 1. The van der Waals surface area contributed by atoms with Crippen molar-refractivity contribution in [3.8, 4) is 0 Å². The van der Waals surface area contributed by atoms with Crippen molar-refractivity contribution in [2.24, 2.45) is 7.05 Å². The van der Waals surface area contributed by atoms with Crippen LogP contribution in [0, 0.1) is 10.1 Å². The first kappa shape index (κ1) is 17.3. The predicted molar refractivity (Wildman–Crippen MR) is 98.2 cm³/mol. The third-order valence-corrected chi connectivity index (χ3v) is 4.15. The average molecular weight is 350 g/mol. The van der Waals surface area contributed by atoms with Crippen LogP contribution in [0.1, 0.15) is 34.7 Å². The zero-order valence-electron chi connectivity index (χ0n) is 14.4. The summed E-state index contributed by atoms with van der Waals surface area (Å²) in [4.78, 5) is 27.5. The lowest BCUT2D eigenvalue weighted by Crippen LogP contribution is -2.11. The van der Waals surface area contributed by atoms with Gasteiger partial charge in [-0.25, -0.2) is 4.98 Å². The highest BCUT2D eigenvalue weighted by Gasteiger charge is 2.21. The van der Waals surface area contributed by atoms with Crippen LogP contribution in [0.5, 0.6) is 0 Å². The molecule has 2 aromatic carbocycles. The standard InChI is InChI=1S/C19H18N4O3/c1-13(14-6-4-3-5-7-14)21-16-9-8-15(12-17(16)23(25)26)18(24)19-20-10-11-22(19)2/h3-13,21H,1-2H3/t13-/m1/s1. The van der Waals surface area contributed by atoms with E-state index in [1.54, 1.807) is 29.9 Å². The zero-order valence-corrected chi connectivity index (χ0v) is 14.4. The summed E-state index contributed by atoms with van der Waals surface area (Å²) in [7, 11) is 1.70. The highest BCUT2D eigenvalue weighted by Crippen LogP contribution is 2.29. The van der Waals surface area contributed by atoms with Gasteiger partial charge in [-0.05, 0) is 24.6 Å². The van der Waals surface area contributed by atoms with Crippen LogP contribution < -0.4 is 5.32 Å². The minimum absolute atomic E-state index is 0.119. The molecule has 7 heteroatoms. The van der Waals surface area contributed by atoms with Gasteiger partial charge in [0, 0.05) is 37.1 Å². The Morgan fingerprint density at radius 1 is 1.23 bits per heavy atom. The second kappa shape index (κ2) is 7.18. The molecule has 3 aromatic rings. The molecule has 0 aliphatic heterocycles. The maximum atomic E-state index is 12.5. The number of rotatable bonds is 6. The molecule has 1 aromatic heterocycles. The Kier molecular flexibility index (Phi) is 4.79. The number of nitro groups is 1. The molecule has 0 radical (unpaired) electrons. The molecule has 7 nitrogen and oxygen atoms in total. The zero-order chi connectivity index (χ0) is 18.7. The summed E-state index contributed by atoms with van der Waals surface area (Å²) >= 11 is 0. The van der Waals surface area contributed by atoms with Gasteiger partial charge in [-0.3, -0.25) is 14.9 Å². The molecule has 3 rings (SSSR count). The number of anilines is 1. The first-order valence-electron chi connectivity index (χ1n) is 8.09. The molecule has 0 aliphatic rings. The number of benzene rings is 2. The molecule has 0 saturated carbocycles. The quantitative estimate of drug-likeness (QED) is 0.415. The molecule has 132 valence electrons. The summed E-state index contributed by atoms with van der Waals surface area (Å²) in [5.74, 6) is -0.124. The Hall–Kier alpha value is -3.48. The first-order valence-corrected chi connectivity index (χ1v) is 8.09. The fraction of sp³-hybridized carbons (Fsp3) is 0.158. The van der Waals surface area contributed by atoms with Crippen molar-refractivity contribution < 1.29 is 9.72 Å². The topological polar surface area (TPSA) is 90.1 Å². The predicted octanol–water partition coefficient (Wildman–Crippen LogP) is 3.73. The van der Waals surface area contributed by atoms with Crippen LogP contribution in [-0.4, -0.2) is 20.3 Å². The number of nitrogens with zero attached hydrogens (tertiary/aromatic N) is 3. The van der Waals surface area contributed by atoms with Crippen LogP contribution in [0.3, 0.4) is 0 Å². The third-order valence-electron chi connectivity index (χ3n) is 4.15. The summed E-state index contributed by atoms with van der Waals surface area (Å²) in [5.41, 5.74) is 1.45. The van der Waals surface area contributed by atoms with Gasteiger partial charge in [0.1, 0.15) is 5.69 Å². The molecule has 26 heavy (non-hydrogen) atoms. The van der Waals surface area contributed by atoms with Gasteiger partial charge in [0.2, 0.25) is 5.78 Å². The van der Waals surface area contributed by atoms with Gasteiger partial charge in [-0.2, -0.15) is 0 Å². The lowest BCUT2D eigenvalue weighted by atomic mass is 10.1. The second-order valence-electron chi connectivity index (χ2n) is 5.96. The molecular formula is C19H18N4O3. The minimum Gasteiger partial charge on any atom is -0.373 e. The van der Waals surface area contributed by atoms with Crippen molar-refractivity contribution in [2.75, 3.05) is 5.32 Å². The number of carbonyl (C=O) groups excluding carboxylic acids is 1. The van der Waals surface area contributed by atoms with E-state index in [0.717, 1.165) is 5.56 Å². The normalized spacial score (nSPS) is 11.8. The van der Waals surface area contributed by atoms with Crippen LogP contribution in [0.25, 0.3) is 0 Å². The van der Waals surface area contributed by atoms with Gasteiger partial charge in [0.15, 0.2) is 5.82 Å². The maximum absolute atomic E-state index is 12.5. The van der Waals surface area contributed by atoms with E-state index in [0.29, 0.717) is 5.69 Å². The van der Waals surface area contributed by atoms with Crippen molar-refractivity contribution in [1.82, 2.24) is 9.55 Å². The van der Waals surface area contributed by atoms with E-state index < -0.39 is 4.92 Å². The summed E-state index contributed by atoms with van der Waals surface area (Å²) < 4.78 is 1.58. The molecule has 0 spiro atoms. The lowest BCUT2D eigenvalue weighted by molar-refractivity contribution is -0.384. The lowest BCUT2D eigenvalue weighted by Gasteiger charge is -2.16. The summed E-state index contributed by atoms with van der Waals surface area (Å²) in [6, 6.07) is 13.9. The van der Waals surface area contributed by atoms with Crippen molar-refractivity contribution in [2.45, 2.75) is 13.0 Å². The highest BCUT2D eigenvalue weighted by atomic mass is 16.6. The van der Waals surface area contributed by atoms with Crippen LogP contribution in [0.4, 0.5) is 11.4 Å². The van der Waals surface area contributed by atoms with Gasteiger partial charge in [-0.15, -0.1) is 0 Å². The Labute approximate surface area is 150 Å². The molecule has 1 N–H and O–H groups in total. The SMILES string of the molecule is C[C@@H](Nc1ccc(C(=O)c2nccn2C)cc1[N+](=O)[O-])c1ccccc1. The van der Waals surface area contributed by atoms with E-state index in [-0.39, 0.29) is 28.9 Å². The van der Waals surface area contributed by atoms with Crippen molar-refractivity contribution in [3.63, 3.8) is 0 Å². The number of hydrogen-bond acceptors (Lipinski definition) is 5. The van der Waals surface area contributed by atoms with Crippen molar-refractivity contribution in [1.29, 1.82) is 0 Å². The van der Waals surface area contributed by atoms with Crippen LogP contribution in [0.2, 0.25) is 0 Å². The van der Waals surface area contributed by atoms with Gasteiger partial charge in [-0.1, -0.05) is 30.3 Å². The van der Waals surface area contributed by atoms with E-state index in [2.05, 4.69) is 10.3 Å². The number of hydrogen-bond donors (Lipinski definition) is 1. The molecule has 0 saturated heterocycles. The Morgan fingerprint density at radius 2 is 1.96 bits per heavy atom. The summed E-state index contributed by atoms with van der Waals surface area (Å²) in [6.45, 7) is 1.92. The Bertz CT molecular complexity index is 950. The van der Waals surface area contributed by atoms with E-state index in [1.807, 2.05) is 37.3 Å². The van der Waals surface area contributed by atoms with Crippen molar-refractivity contribution >= 4 is 17.2 Å². The summed E-state index contributed by atoms with van der Waals surface area (Å²) in [6.07, 6.45) is 3.16. The van der Waals surface area contributed by atoms with Crippen LogP contribution >= 0.6 is 0 Å². The van der Waals surface area contributed by atoms with Gasteiger partial charge in [0.05, 0.1) is 4.92 Å². The number of imidazole rings is 1. The molecule has 0 unspecified atom stereocenters. The Morgan fingerprint density at radius 3 is 2.58 bits per heavy atom. The van der Waals surface area contributed by atoms with Crippen LogP contribution in [-0.2, 0) is 7.05 Å². The van der Waals surface area contributed by atoms with Crippen LogP contribution in [0.15, 0.2) is 60.9 Å². The largest absolute Gasteiger partial charge is 0.373 e. The third kappa shape index (κ3) is 3.46. The van der Waals surface area contributed by atoms with E-state index >= 15 is 0 Å². The number of carbonyl (C=O) groups is 1. The molecule has 0 amide bonds. The van der Waals surface area contributed by atoms with E-state index in [4.69, 9.17) is 0 Å². The van der Waals surface area contributed by atoms with Gasteiger partial charge in [0.25, 0.3) is 5.69 Å².